The minimum absolute atomic E-state index is 0. The summed E-state index contributed by atoms with van der Waals surface area (Å²) in [6.45, 7) is 11.0. The standard InChI is InChI=1S/C56H46N4O.Pt/c1-38(2)32-39-26-29-50-49(33-39)48-28-27-45(36-53(48)60(50)54-34-42(30-31-57-54)56(3,4)5)61-44-21-14-20-43(35-44)58-37-59(52-25-13-12-24-51(52)58)55-46(40-16-8-6-9-17-40)22-15-23-47(55)41-18-10-7-11-19-41;/h6-31,33-34,38H,32H2,1-5H3;/q-2;/i6D,7D,8D,9D,10D,11D,16D,17D,18D,19D;. The third kappa shape index (κ3) is 7.67. The summed E-state index contributed by atoms with van der Waals surface area (Å²) in [7, 11) is 0. The monoisotopic (exact) mass is 995 g/mol. The number of para-hydroxylation sites is 3. The smallest absolute Gasteiger partial charge is 0.268 e. The maximum atomic E-state index is 9.01. The van der Waals surface area contributed by atoms with Crippen molar-refractivity contribution in [3.8, 4) is 50.9 Å². The Bertz CT molecular complexity index is 3680. The fraction of sp³-hybridized carbons (Fsp3) is 0.143. The molecule has 5 nitrogen and oxygen atoms in total. The van der Waals surface area contributed by atoms with E-state index in [1.165, 1.54) is 5.56 Å². The molecule has 0 fully saturated rings. The molecule has 0 aliphatic carbocycles. The minimum atomic E-state index is -0.570. The van der Waals surface area contributed by atoms with Gasteiger partial charge in [0.25, 0.3) is 6.33 Å². The van der Waals surface area contributed by atoms with Crippen LogP contribution >= 0.6 is 0 Å². The number of nitrogens with zero attached hydrogens (tertiary/aromatic N) is 4. The van der Waals surface area contributed by atoms with Crippen LogP contribution in [0.15, 0.2) is 170 Å². The Labute approximate surface area is 392 Å². The molecule has 7 aromatic carbocycles. The molecule has 3 aromatic heterocycles. The van der Waals surface area contributed by atoms with Crippen LogP contribution in [0.2, 0.25) is 0 Å². The Hall–Kier alpha value is -6.55. The number of benzene rings is 7. The quantitative estimate of drug-likeness (QED) is 0.107. The predicted octanol–water partition coefficient (Wildman–Crippen LogP) is 13.4. The number of hydrogen-bond acceptors (Lipinski definition) is 2. The van der Waals surface area contributed by atoms with Crippen LogP contribution in [0, 0.1) is 24.4 Å². The Kier molecular flexibility index (Phi) is 8.22. The van der Waals surface area contributed by atoms with Gasteiger partial charge < -0.3 is 13.9 Å². The number of pyridine rings is 1. The number of aromatic nitrogens is 4. The number of ether oxygens (including phenoxy) is 1. The van der Waals surface area contributed by atoms with Gasteiger partial charge in [0.15, 0.2) is 0 Å². The van der Waals surface area contributed by atoms with E-state index < -0.39 is 60.4 Å². The van der Waals surface area contributed by atoms with Crippen LogP contribution in [-0.4, -0.2) is 14.1 Å². The van der Waals surface area contributed by atoms with Crippen LogP contribution in [0.4, 0.5) is 0 Å². The maximum Gasteiger partial charge on any atom is 0.268 e. The molecule has 0 atom stereocenters. The average molecular weight is 996 g/mol. The van der Waals surface area contributed by atoms with Gasteiger partial charge in [-0.2, -0.15) is 18.2 Å². The first-order valence-corrected chi connectivity index (χ1v) is 20.2. The van der Waals surface area contributed by atoms with Crippen LogP contribution in [0.1, 0.15) is 59.5 Å². The predicted molar refractivity (Wildman–Crippen MR) is 248 cm³/mol. The second-order valence-electron chi connectivity index (χ2n) is 16.5. The normalized spacial score (nSPS) is 14.0. The van der Waals surface area contributed by atoms with Crippen molar-refractivity contribution >= 4 is 32.8 Å². The Balaban J connectivity index is 0.00000640. The second kappa shape index (κ2) is 16.7. The molecule has 10 rings (SSSR count). The zero-order valence-electron chi connectivity index (χ0n) is 44.7. The SMILES string of the molecule is [2H]c1c([2H])c([2H])c(-c2cccc(-c3c([2H])c([2H])c([2H])c([2H])c3[2H])c2-[n+]2[c-]n(-c3[c-]c(Oc4[c-]c5c(cc4)c4cc(CC(C)C)ccc4n5-c4cc(C(C)(C)C)ccn4)ccc3)c3ccccc32)c([2H])c1[2H].[Pt]. The summed E-state index contributed by atoms with van der Waals surface area (Å²) in [5, 5.41) is 2.09. The van der Waals surface area contributed by atoms with Gasteiger partial charge in [-0.15, -0.1) is 29.7 Å². The first-order chi connectivity index (χ1) is 33.8. The summed E-state index contributed by atoms with van der Waals surface area (Å²) < 4.78 is 99.1. The van der Waals surface area contributed by atoms with Crippen molar-refractivity contribution in [2.75, 3.05) is 0 Å². The molecule has 308 valence electrons. The fourth-order valence-corrected chi connectivity index (χ4v) is 7.98. The molecule has 62 heavy (non-hydrogen) atoms. The minimum Gasteiger partial charge on any atom is -0.510 e. The van der Waals surface area contributed by atoms with Crippen LogP contribution in [0.25, 0.3) is 72.3 Å². The van der Waals surface area contributed by atoms with Crippen LogP contribution in [0.3, 0.4) is 0 Å². The zero-order chi connectivity index (χ0) is 50.4. The van der Waals surface area contributed by atoms with E-state index in [0.29, 0.717) is 34.1 Å². The molecule has 6 heteroatoms. The van der Waals surface area contributed by atoms with E-state index >= 15 is 0 Å². The summed E-state index contributed by atoms with van der Waals surface area (Å²) in [4.78, 5) is 4.86. The molecule has 3 heterocycles. The van der Waals surface area contributed by atoms with Crippen molar-refractivity contribution in [2.24, 2.45) is 5.92 Å². The number of rotatable bonds is 9. The summed E-state index contributed by atoms with van der Waals surface area (Å²) in [6.07, 6.45) is 6.20. The molecular weight excluding hydrogens is 940 g/mol. The van der Waals surface area contributed by atoms with Gasteiger partial charge in [0, 0.05) is 44.3 Å². The van der Waals surface area contributed by atoms with Gasteiger partial charge in [0.05, 0.1) is 30.4 Å². The molecule has 0 bridgehead atoms. The van der Waals surface area contributed by atoms with Crippen molar-refractivity contribution in [3.63, 3.8) is 0 Å². The summed E-state index contributed by atoms with van der Waals surface area (Å²) in [6, 6.07) is 33.9. The number of imidazole rings is 1. The molecule has 0 unspecified atom stereocenters. The van der Waals surface area contributed by atoms with Crippen molar-refractivity contribution < 1.29 is 44.1 Å². The van der Waals surface area contributed by atoms with Crippen LogP contribution < -0.4 is 9.30 Å². The molecule has 10 aromatic rings. The van der Waals surface area contributed by atoms with Crippen molar-refractivity contribution in [3.05, 3.63) is 199 Å². The third-order valence-electron chi connectivity index (χ3n) is 10.8. The molecule has 0 spiro atoms. The van der Waals surface area contributed by atoms with Gasteiger partial charge in [-0.25, -0.2) is 4.98 Å². The first-order valence-electron chi connectivity index (χ1n) is 25.2. The molecule has 0 amide bonds. The fourth-order valence-electron chi connectivity index (χ4n) is 7.98. The van der Waals surface area contributed by atoms with E-state index in [2.05, 4.69) is 81.9 Å². The molecule has 0 N–H and O–H groups in total. The van der Waals surface area contributed by atoms with Crippen molar-refractivity contribution in [2.45, 2.75) is 46.5 Å². The van der Waals surface area contributed by atoms with Crippen LogP contribution in [-0.2, 0) is 32.9 Å². The van der Waals surface area contributed by atoms with E-state index in [1.807, 2.05) is 60.8 Å². The van der Waals surface area contributed by atoms with Gasteiger partial charge in [-0.3, -0.25) is 4.57 Å². The van der Waals surface area contributed by atoms with Gasteiger partial charge >= 0.3 is 0 Å². The largest absolute Gasteiger partial charge is 0.510 e. The number of fused-ring (bicyclic) bond motifs is 4. The zero-order valence-corrected chi connectivity index (χ0v) is 37.0. The topological polar surface area (TPSA) is 35.9 Å². The van der Waals surface area contributed by atoms with E-state index in [4.69, 9.17) is 23.4 Å². The molecular formula is C56H46N4OPt-2. The first kappa shape index (κ1) is 30.5. The number of hydrogen-bond donors (Lipinski definition) is 0. The Morgan fingerprint density at radius 2 is 1.40 bits per heavy atom. The summed E-state index contributed by atoms with van der Waals surface area (Å²) >= 11 is 0. The molecule has 0 saturated carbocycles. The van der Waals surface area contributed by atoms with Gasteiger partial charge in [0.2, 0.25) is 0 Å². The molecule has 0 aliphatic rings. The van der Waals surface area contributed by atoms with Crippen molar-refractivity contribution in [1.29, 1.82) is 0 Å². The van der Waals surface area contributed by atoms with Gasteiger partial charge in [0.1, 0.15) is 5.82 Å². The molecule has 0 radical (unpaired) electrons. The van der Waals surface area contributed by atoms with Crippen LogP contribution in [0.5, 0.6) is 11.5 Å². The van der Waals surface area contributed by atoms with E-state index in [1.54, 1.807) is 33.4 Å². The second-order valence-corrected chi connectivity index (χ2v) is 16.5. The van der Waals surface area contributed by atoms with E-state index in [9.17, 15) is 0 Å². The summed E-state index contributed by atoms with van der Waals surface area (Å²) in [5.74, 6) is 2.06. The van der Waals surface area contributed by atoms with Gasteiger partial charge in [-0.05, 0) is 80.4 Å². The van der Waals surface area contributed by atoms with Crippen molar-refractivity contribution in [1.82, 2.24) is 14.1 Å². The molecule has 0 aliphatic heterocycles. The van der Waals surface area contributed by atoms with Gasteiger partial charge in [-0.1, -0.05) is 155 Å². The third-order valence-corrected chi connectivity index (χ3v) is 10.8. The van der Waals surface area contributed by atoms with E-state index in [0.717, 1.165) is 39.6 Å². The maximum absolute atomic E-state index is 9.01. The Morgan fingerprint density at radius 3 is 2.11 bits per heavy atom. The average Bonchev–Trinajstić information content (AvgIpc) is 3.89. The Morgan fingerprint density at radius 1 is 0.710 bits per heavy atom. The van der Waals surface area contributed by atoms with E-state index in [-0.39, 0.29) is 54.4 Å². The summed E-state index contributed by atoms with van der Waals surface area (Å²) in [5.41, 5.74) is 5.92. The molecule has 0 saturated heterocycles.